The van der Waals surface area contributed by atoms with Gasteiger partial charge >= 0.3 is 0 Å². The van der Waals surface area contributed by atoms with Crippen LogP contribution in [0.15, 0.2) is 23.0 Å². The highest BCUT2D eigenvalue weighted by Crippen LogP contribution is 2.19. The van der Waals surface area contributed by atoms with Crippen LogP contribution in [0.1, 0.15) is 17.4 Å². The number of hydrogen-bond acceptors (Lipinski definition) is 5. The smallest absolute Gasteiger partial charge is 0.170 e. The van der Waals surface area contributed by atoms with E-state index in [-0.39, 0.29) is 5.69 Å². The van der Waals surface area contributed by atoms with Crippen LogP contribution in [0.5, 0.6) is 0 Å². The van der Waals surface area contributed by atoms with E-state index in [1.807, 2.05) is 6.92 Å². The molecule has 0 unspecified atom stereocenters. The quantitative estimate of drug-likeness (QED) is 0.701. The van der Waals surface area contributed by atoms with Crippen molar-refractivity contribution in [3.63, 3.8) is 0 Å². The molecule has 0 saturated carbocycles. The van der Waals surface area contributed by atoms with Crippen LogP contribution in [0.3, 0.4) is 0 Å². The molecule has 2 rings (SSSR count). The SMILES string of the molecule is CCn1cc(-c2cc(C(=O)[O-])no2)cn1. The van der Waals surface area contributed by atoms with E-state index in [2.05, 4.69) is 10.3 Å². The maximum atomic E-state index is 10.5. The summed E-state index contributed by atoms with van der Waals surface area (Å²) in [5.41, 5.74) is 0.478. The zero-order chi connectivity index (χ0) is 10.8. The Hall–Kier alpha value is -2.11. The second kappa shape index (κ2) is 3.56. The van der Waals surface area contributed by atoms with Gasteiger partial charge in [0.2, 0.25) is 0 Å². The minimum absolute atomic E-state index is 0.214. The molecule has 6 heteroatoms. The van der Waals surface area contributed by atoms with E-state index in [0.717, 1.165) is 6.54 Å². The molecule has 0 aliphatic rings. The Morgan fingerprint density at radius 1 is 1.67 bits per heavy atom. The number of carboxylic acids is 1. The Labute approximate surface area is 85.1 Å². The normalized spacial score (nSPS) is 10.5. The van der Waals surface area contributed by atoms with E-state index in [1.165, 1.54) is 6.07 Å². The third kappa shape index (κ3) is 1.74. The second-order valence-electron chi connectivity index (χ2n) is 2.95. The number of carbonyl (C=O) groups excluding carboxylic acids is 1. The summed E-state index contributed by atoms with van der Waals surface area (Å²) in [5.74, 6) is -0.984. The first-order chi connectivity index (χ1) is 7.20. The van der Waals surface area contributed by atoms with Gasteiger partial charge in [-0.05, 0) is 6.92 Å². The molecule has 6 nitrogen and oxygen atoms in total. The van der Waals surface area contributed by atoms with Gasteiger partial charge in [0.05, 0.1) is 17.7 Å². The highest BCUT2D eigenvalue weighted by atomic mass is 16.5. The Morgan fingerprint density at radius 3 is 3.00 bits per heavy atom. The molecular formula is C9H8N3O3-. The molecule has 0 spiro atoms. The van der Waals surface area contributed by atoms with Crippen LogP contribution < -0.4 is 5.11 Å². The number of carboxylic acid groups (broad SMARTS) is 1. The average Bonchev–Trinajstić information content (AvgIpc) is 2.86. The van der Waals surface area contributed by atoms with Gasteiger partial charge in [-0.15, -0.1) is 0 Å². The summed E-state index contributed by atoms with van der Waals surface area (Å²) in [5, 5.41) is 17.8. The lowest BCUT2D eigenvalue weighted by Crippen LogP contribution is -2.22. The maximum absolute atomic E-state index is 10.5. The predicted molar refractivity (Wildman–Crippen MR) is 47.7 cm³/mol. The van der Waals surface area contributed by atoms with Gasteiger partial charge in [-0.2, -0.15) is 5.10 Å². The van der Waals surface area contributed by atoms with Crippen molar-refractivity contribution in [2.45, 2.75) is 13.5 Å². The molecule has 15 heavy (non-hydrogen) atoms. The largest absolute Gasteiger partial charge is 0.543 e. The standard InChI is InChI=1S/C9H9N3O3/c1-2-12-5-6(4-10-12)8-3-7(9(13)14)11-15-8/h3-5H,2H2,1H3,(H,13,14)/p-1. The van der Waals surface area contributed by atoms with Gasteiger partial charge in [0.1, 0.15) is 5.69 Å². The lowest BCUT2D eigenvalue weighted by atomic mass is 10.2. The van der Waals surface area contributed by atoms with Crippen LogP contribution in [0.4, 0.5) is 0 Å². The Morgan fingerprint density at radius 2 is 2.47 bits per heavy atom. The molecule has 0 aliphatic carbocycles. The predicted octanol–water partition coefficient (Wildman–Crippen LogP) is -0.0785. The van der Waals surface area contributed by atoms with Gasteiger partial charge in [-0.1, -0.05) is 5.16 Å². The number of rotatable bonds is 3. The third-order valence-electron chi connectivity index (χ3n) is 1.96. The number of nitrogens with zero attached hydrogens (tertiary/aromatic N) is 3. The molecule has 0 saturated heterocycles. The highest BCUT2D eigenvalue weighted by Gasteiger charge is 2.08. The van der Waals surface area contributed by atoms with Gasteiger partial charge in [-0.25, -0.2) is 0 Å². The first kappa shape index (κ1) is 9.45. The third-order valence-corrected chi connectivity index (χ3v) is 1.96. The number of hydrogen-bond donors (Lipinski definition) is 0. The topological polar surface area (TPSA) is 84.0 Å². The molecule has 0 atom stereocenters. The van der Waals surface area contributed by atoms with Gasteiger partial charge in [0.15, 0.2) is 5.76 Å². The van der Waals surface area contributed by atoms with Crippen LogP contribution in [-0.2, 0) is 6.54 Å². The Kier molecular flexibility index (Phi) is 2.24. The summed E-state index contributed by atoms with van der Waals surface area (Å²) >= 11 is 0. The van der Waals surface area contributed by atoms with Crippen molar-refractivity contribution in [1.29, 1.82) is 0 Å². The molecule has 0 aliphatic heterocycles. The van der Waals surface area contributed by atoms with Crippen LogP contribution in [0, 0.1) is 0 Å². The minimum atomic E-state index is -1.35. The lowest BCUT2D eigenvalue weighted by Gasteiger charge is -1.90. The molecule has 2 aromatic rings. The number of aromatic carboxylic acids is 1. The highest BCUT2D eigenvalue weighted by molar-refractivity contribution is 5.84. The lowest BCUT2D eigenvalue weighted by molar-refractivity contribution is -0.255. The van der Waals surface area contributed by atoms with E-state index in [0.29, 0.717) is 11.3 Å². The summed E-state index contributed by atoms with van der Waals surface area (Å²) in [4.78, 5) is 10.5. The Bertz CT molecular complexity index is 486. The Balaban J connectivity index is 2.32. The summed E-state index contributed by atoms with van der Waals surface area (Å²) in [6.07, 6.45) is 3.34. The van der Waals surface area contributed by atoms with Crippen molar-refractivity contribution >= 4 is 5.97 Å². The van der Waals surface area contributed by atoms with Crippen molar-refractivity contribution in [3.05, 3.63) is 24.2 Å². The molecular weight excluding hydrogens is 198 g/mol. The zero-order valence-corrected chi connectivity index (χ0v) is 8.01. The number of aromatic nitrogens is 3. The monoisotopic (exact) mass is 206 g/mol. The van der Waals surface area contributed by atoms with Crippen LogP contribution in [-0.4, -0.2) is 20.9 Å². The van der Waals surface area contributed by atoms with Crippen molar-refractivity contribution < 1.29 is 14.4 Å². The summed E-state index contributed by atoms with van der Waals surface area (Å²) < 4.78 is 6.55. The maximum Gasteiger partial charge on any atom is 0.170 e. The number of carbonyl (C=O) groups is 1. The second-order valence-corrected chi connectivity index (χ2v) is 2.95. The van der Waals surface area contributed by atoms with Crippen molar-refractivity contribution in [2.24, 2.45) is 0 Å². The molecule has 2 heterocycles. The molecule has 2 aromatic heterocycles. The van der Waals surface area contributed by atoms with Crippen LogP contribution in [0.2, 0.25) is 0 Å². The van der Waals surface area contributed by atoms with Gasteiger partial charge in [-0.3, -0.25) is 4.68 Å². The van der Waals surface area contributed by atoms with Crippen molar-refractivity contribution in [1.82, 2.24) is 14.9 Å². The molecule has 0 aromatic carbocycles. The zero-order valence-electron chi connectivity index (χ0n) is 8.01. The fourth-order valence-electron chi connectivity index (χ4n) is 1.17. The molecule has 0 N–H and O–H groups in total. The van der Waals surface area contributed by atoms with E-state index in [1.54, 1.807) is 17.1 Å². The van der Waals surface area contributed by atoms with Crippen LogP contribution in [0.25, 0.3) is 11.3 Å². The first-order valence-corrected chi connectivity index (χ1v) is 4.41. The molecule has 0 bridgehead atoms. The van der Waals surface area contributed by atoms with Crippen molar-refractivity contribution in [3.8, 4) is 11.3 Å². The van der Waals surface area contributed by atoms with Gasteiger partial charge in [0.25, 0.3) is 0 Å². The number of aryl methyl sites for hydroxylation is 1. The van der Waals surface area contributed by atoms with Crippen LogP contribution >= 0.6 is 0 Å². The van der Waals surface area contributed by atoms with E-state index in [4.69, 9.17) is 4.52 Å². The summed E-state index contributed by atoms with van der Waals surface area (Å²) in [6, 6.07) is 1.31. The average molecular weight is 206 g/mol. The summed E-state index contributed by atoms with van der Waals surface area (Å²) in [6.45, 7) is 2.69. The minimum Gasteiger partial charge on any atom is -0.543 e. The fraction of sp³-hybridized carbons (Fsp3) is 0.222. The van der Waals surface area contributed by atoms with Gasteiger partial charge in [0, 0.05) is 18.8 Å². The van der Waals surface area contributed by atoms with Gasteiger partial charge < -0.3 is 14.4 Å². The van der Waals surface area contributed by atoms with E-state index < -0.39 is 5.97 Å². The molecule has 0 radical (unpaired) electrons. The fourth-order valence-corrected chi connectivity index (χ4v) is 1.17. The molecule has 78 valence electrons. The molecule has 0 amide bonds. The van der Waals surface area contributed by atoms with Crippen molar-refractivity contribution in [2.75, 3.05) is 0 Å². The summed E-state index contributed by atoms with van der Waals surface area (Å²) in [7, 11) is 0. The molecule has 0 fully saturated rings. The first-order valence-electron chi connectivity index (χ1n) is 4.41. The van der Waals surface area contributed by atoms with E-state index in [9.17, 15) is 9.90 Å². The van der Waals surface area contributed by atoms with E-state index >= 15 is 0 Å².